The molecule has 2 aromatic rings. The topological polar surface area (TPSA) is 152 Å². The fraction of sp³-hybridized carbons (Fsp3) is 0.484. The first-order valence-corrected chi connectivity index (χ1v) is 13.8. The van der Waals surface area contributed by atoms with Crippen LogP contribution in [0.25, 0.3) is 0 Å². The molecule has 0 aromatic heterocycles. The monoisotopic (exact) mass is 585 g/mol. The van der Waals surface area contributed by atoms with Gasteiger partial charge < -0.3 is 35.3 Å². The number of carbonyl (C=O) groups excluding carboxylic acids is 3. The van der Waals surface area contributed by atoms with Crippen LogP contribution in [0.5, 0.6) is 0 Å². The van der Waals surface area contributed by atoms with E-state index in [2.05, 4.69) is 16.0 Å². The van der Waals surface area contributed by atoms with Crippen molar-refractivity contribution in [2.75, 3.05) is 13.9 Å². The second kappa shape index (κ2) is 16.5. The molecule has 0 spiro atoms. The van der Waals surface area contributed by atoms with Crippen LogP contribution in [0.15, 0.2) is 60.7 Å². The van der Waals surface area contributed by atoms with Gasteiger partial charge in [-0.25, -0.2) is 9.59 Å². The molecule has 0 fully saturated rings. The minimum absolute atomic E-state index is 0.0687. The first-order valence-electron chi connectivity index (χ1n) is 13.8. The number of carboxylic acids is 1. The molecule has 0 aliphatic carbocycles. The summed E-state index contributed by atoms with van der Waals surface area (Å²) in [5.41, 5.74) is 0.773. The highest BCUT2D eigenvalue weighted by Gasteiger charge is 2.36. The normalized spacial score (nSPS) is 14.3. The fourth-order valence-corrected chi connectivity index (χ4v) is 4.16. The van der Waals surface area contributed by atoms with Crippen LogP contribution in [0.3, 0.4) is 0 Å². The Labute approximate surface area is 247 Å². The Morgan fingerprint density at radius 2 is 1.36 bits per heavy atom. The molecule has 42 heavy (non-hydrogen) atoms. The van der Waals surface area contributed by atoms with E-state index in [1.807, 2.05) is 36.4 Å². The molecule has 0 aliphatic heterocycles. The molecule has 4 N–H and O–H groups in total. The first kappa shape index (κ1) is 34.2. The van der Waals surface area contributed by atoms with Gasteiger partial charge >= 0.3 is 12.1 Å². The number of nitrogens with one attached hydrogen (secondary N) is 3. The summed E-state index contributed by atoms with van der Waals surface area (Å²) in [5.74, 6) is -2.96. The zero-order valence-electron chi connectivity index (χ0n) is 25.1. The predicted octanol–water partition coefficient (Wildman–Crippen LogP) is 3.06. The number of amides is 3. The van der Waals surface area contributed by atoms with E-state index in [1.54, 1.807) is 58.9 Å². The van der Waals surface area contributed by atoms with Crippen LogP contribution in [0.2, 0.25) is 0 Å². The van der Waals surface area contributed by atoms with Gasteiger partial charge in [0, 0.05) is 13.5 Å². The third-order valence-corrected chi connectivity index (χ3v) is 6.13. The number of benzene rings is 2. The lowest BCUT2D eigenvalue weighted by atomic mass is 9.98. The molecule has 2 rings (SSSR count). The van der Waals surface area contributed by atoms with Crippen molar-refractivity contribution < 1.29 is 38.5 Å². The second-order valence-corrected chi connectivity index (χ2v) is 11.3. The molecular weight excluding hydrogens is 542 g/mol. The Hall–Kier alpha value is -3.96. The average Bonchev–Trinajstić information content (AvgIpc) is 2.91. The summed E-state index contributed by atoms with van der Waals surface area (Å²) in [6.45, 7) is 8.34. The van der Waals surface area contributed by atoms with Crippen LogP contribution in [-0.4, -0.2) is 72.7 Å². The molecule has 11 heteroatoms. The summed E-state index contributed by atoms with van der Waals surface area (Å²) in [6.07, 6.45) is -1.76. The van der Waals surface area contributed by atoms with Crippen molar-refractivity contribution in [2.24, 2.45) is 5.92 Å². The molecule has 0 bridgehead atoms. The SMILES string of the molecule is COCO[C@H](C(=O)N[C@H](C(=O)N[C@@H](Cc1ccccc1)C(=O)O)C(C)C)[C@@H](Cc1ccccc1)NC(=O)OC(C)(C)C. The number of aliphatic carboxylic acids is 1. The molecular formula is C31H43N3O8. The molecule has 4 atom stereocenters. The Balaban J connectivity index is 2.29. The Morgan fingerprint density at radius 3 is 1.83 bits per heavy atom. The smallest absolute Gasteiger partial charge is 0.407 e. The van der Waals surface area contributed by atoms with Gasteiger partial charge in [0.2, 0.25) is 5.91 Å². The largest absolute Gasteiger partial charge is 0.480 e. The average molecular weight is 586 g/mol. The number of hydrogen-bond acceptors (Lipinski definition) is 7. The van der Waals surface area contributed by atoms with E-state index in [1.165, 1.54) is 7.11 Å². The summed E-state index contributed by atoms with van der Waals surface area (Å²) in [7, 11) is 1.39. The number of carboxylic acid groups (broad SMARTS) is 1. The van der Waals surface area contributed by atoms with Gasteiger partial charge in [-0.2, -0.15) is 0 Å². The molecule has 2 aromatic carbocycles. The molecule has 11 nitrogen and oxygen atoms in total. The van der Waals surface area contributed by atoms with Gasteiger partial charge in [-0.15, -0.1) is 0 Å². The number of ether oxygens (including phenoxy) is 3. The molecule has 0 aliphatic rings. The number of alkyl carbamates (subject to hydrolysis) is 1. The van der Waals surface area contributed by atoms with E-state index in [0.717, 1.165) is 11.1 Å². The van der Waals surface area contributed by atoms with Crippen molar-refractivity contribution in [1.82, 2.24) is 16.0 Å². The van der Waals surface area contributed by atoms with Gasteiger partial charge in [0.15, 0.2) is 6.10 Å². The van der Waals surface area contributed by atoms with Crippen molar-refractivity contribution >= 4 is 23.9 Å². The van der Waals surface area contributed by atoms with E-state index < -0.39 is 59.6 Å². The van der Waals surface area contributed by atoms with Crippen LogP contribution < -0.4 is 16.0 Å². The molecule has 3 amide bonds. The van der Waals surface area contributed by atoms with Crippen LogP contribution in [0.4, 0.5) is 4.79 Å². The van der Waals surface area contributed by atoms with Crippen molar-refractivity contribution in [3.8, 4) is 0 Å². The van der Waals surface area contributed by atoms with Crippen molar-refractivity contribution in [3.05, 3.63) is 71.8 Å². The van der Waals surface area contributed by atoms with Gasteiger partial charge in [0.05, 0.1) is 6.04 Å². The number of hydrogen-bond donors (Lipinski definition) is 4. The molecule has 0 saturated carbocycles. The summed E-state index contributed by atoms with van der Waals surface area (Å²) < 4.78 is 16.2. The van der Waals surface area contributed by atoms with Crippen LogP contribution in [0.1, 0.15) is 45.7 Å². The van der Waals surface area contributed by atoms with Crippen molar-refractivity contribution in [3.63, 3.8) is 0 Å². The third-order valence-electron chi connectivity index (χ3n) is 6.13. The Bertz CT molecular complexity index is 1150. The summed E-state index contributed by atoms with van der Waals surface area (Å²) in [4.78, 5) is 51.7. The molecule has 0 unspecified atom stereocenters. The van der Waals surface area contributed by atoms with E-state index in [-0.39, 0.29) is 19.6 Å². The van der Waals surface area contributed by atoms with Crippen molar-refractivity contribution in [1.29, 1.82) is 0 Å². The first-order chi connectivity index (χ1) is 19.8. The van der Waals surface area contributed by atoms with Gasteiger partial charge in [-0.1, -0.05) is 74.5 Å². The van der Waals surface area contributed by atoms with Crippen LogP contribution in [0, 0.1) is 5.92 Å². The lowest BCUT2D eigenvalue weighted by Gasteiger charge is -2.31. The molecule has 0 saturated heterocycles. The highest BCUT2D eigenvalue weighted by Crippen LogP contribution is 2.14. The maximum atomic E-state index is 13.7. The third kappa shape index (κ3) is 11.9. The summed E-state index contributed by atoms with van der Waals surface area (Å²) in [6, 6.07) is 14.9. The summed E-state index contributed by atoms with van der Waals surface area (Å²) in [5, 5.41) is 17.8. The summed E-state index contributed by atoms with van der Waals surface area (Å²) >= 11 is 0. The minimum atomic E-state index is -1.29. The Morgan fingerprint density at radius 1 is 0.810 bits per heavy atom. The lowest BCUT2D eigenvalue weighted by molar-refractivity contribution is -0.148. The van der Waals surface area contributed by atoms with Gasteiger partial charge in [-0.05, 0) is 44.2 Å². The number of rotatable bonds is 15. The molecule has 0 heterocycles. The van der Waals surface area contributed by atoms with E-state index in [0.29, 0.717) is 0 Å². The van der Waals surface area contributed by atoms with E-state index >= 15 is 0 Å². The van der Waals surface area contributed by atoms with Crippen LogP contribution in [-0.2, 0) is 41.4 Å². The van der Waals surface area contributed by atoms with Gasteiger partial charge in [0.1, 0.15) is 24.5 Å². The van der Waals surface area contributed by atoms with E-state index in [9.17, 15) is 24.3 Å². The highest BCUT2D eigenvalue weighted by atomic mass is 16.7. The predicted molar refractivity (Wildman–Crippen MR) is 157 cm³/mol. The fourth-order valence-electron chi connectivity index (χ4n) is 4.16. The zero-order valence-corrected chi connectivity index (χ0v) is 25.1. The number of carbonyl (C=O) groups is 4. The molecule has 230 valence electrons. The van der Waals surface area contributed by atoms with Gasteiger partial charge in [0.25, 0.3) is 5.91 Å². The standard InChI is InChI=1S/C31H43N3O8/c1-20(2)25(27(35)32-24(29(37)38)18-22-15-11-8-12-16-22)34-28(36)26(41-19-40-6)23(17-21-13-9-7-10-14-21)33-30(39)42-31(3,4)5/h7-16,20,23-26H,17-19H2,1-6H3,(H,32,35)(H,33,39)(H,34,36)(H,37,38)/t23-,24+,25+,26+/m1/s1. The zero-order chi connectivity index (χ0) is 31.3. The van der Waals surface area contributed by atoms with E-state index in [4.69, 9.17) is 14.2 Å². The minimum Gasteiger partial charge on any atom is -0.480 e. The quantitative estimate of drug-likeness (QED) is 0.233. The maximum absolute atomic E-state index is 13.7. The second-order valence-electron chi connectivity index (χ2n) is 11.3. The maximum Gasteiger partial charge on any atom is 0.407 e. The van der Waals surface area contributed by atoms with Crippen LogP contribution >= 0.6 is 0 Å². The van der Waals surface area contributed by atoms with Crippen molar-refractivity contribution in [2.45, 2.75) is 77.3 Å². The van der Waals surface area contributed by atoms with Gasteiger partial charge in [-0.3, -0.25) is 9.59 Å². The number of methoxy groups -OCH3 is 1. The lowest BCUT2D eigenvalue weighted by Crippen LogP contribution is -2.59. The highest BCUT2D eigenvalue weighted by molar-refractivity contribution is 5.92. The molecule has 0 radical (unpaired) electrons. The Kier molecular flexibility index (Phi) is 13.4.